The van der Waals surface area contributed by atoms with Crippen LogP contribution in [0.5, 0.6) is 11.5 Å². The van der Waals surface area contributed by atoms with Gasteiger partial charge in [-0.25, -0.2) is 4.99 Å². The molecule has 0 saturated carbocycles. The Balaban J connectivity index is 1.75. The Kier molecular flexibility index (Phi) is 6.77. The van der Waals surface area contributed by atoms with E-state index in [2.05, 4.69) is 47.8 Å². The van der Waals surface area contributed by atoms with Crippen LogP contribution in [-0.2, 0) is 6.54 Å². The number of benzene rings is 2. The molecule has 0 amide bonds. The number of phenolic OH excluding ortho intramolecular Hbond substituents is 1. The zero-order valence-electron chi connectivity index (χ0n) is 17.9. The standard InChI is InChI=1S/C23H32N4O2/c1-16(2)19-13-20(21(28)14-22(19)29-4)23(24)25-18-7-5-17(6-8-18)15-27-11-9-26(3)10-12-27/h5-8,13-14,16,28H,9-12,15H2,1-4H3,(H2,24,25). The summed E-state index contributed by atoms with van der Waals surface area (Å²) in [6.45, 7) is 9.52. The van der Waals surface area contributed by atoms with E-state index in [0.29, 0.717) is 17.1 Å². The number of amidine groups is 1. The number of likely N-dealkylation sites (N-methyl/N-ethyl adjacent to an activating group) is 1. The normalized spacial score (nSPS) is 16.4. The lowest BCUT2D eigenvalue weighted by molar-refractivity contribution is 0.148. The Bertz CT molecular complexity index is 854. The van der Waals surface area contributed by atoms with Crippen molar-refractivity contribution < 1.29 is 9.84 Å². The second-order valence-electron chi connectivity index (χ2n) is 8.01. The summed E-state index contributed by atoms with van der Waals surface area (Å²) in [5.41, 5.74) is 9.77. The summed E-state index contributed by atoms with van der Waals surface area (Å²) in [7, 11) is 3.76. The number of aromatic hydroxyl groups is 1. The average Bonchev–Trinajstić information content (AvgIpc) is 2.70. The highest BCUT2D eigenvalue weighted by molar-refractivity contribution is 6.01. The van der Waals surface area contributed by atoms with Crippen LogP contribution in [0.4, 0.5) is 5.69 Å². The highest BCUT2D eigenvalue weighted by atomic mass is 16.5. The van der Waals surface area contributed by atoms with Crippen molar-refractivity contribution in [1.82, 2.24) is 9.80 Å². The highest BCUT2D eigenvalue weighted by Gasteiger charge is 2.16. The van der Waals surface area contributed by atoms with E-state index in [1.807, 2.05) is 18.2 Å². The first-order chi connectivity index (χ1) is 13.9. The molecule has 0 unspecified atom stereocenters. The maximum absolute atomic E-state index is 10.4. The van der Waals surface area contributed by atoms with Gasteiger partial charge in [-0.3, -0.25) is 4.90 Å². The number of piperazine rings is 1. The van der Waals surface area contributed by atoms with Crippen LogP contribution >= 0.6 is 0 Å². The Morgan fingerprint density at radius 1 is 1.14 bits per heavy atom. The molecule has 1 fully saturated rings. The van der Waals surface area contributed by atoms with Gasteiger partial charge < -0.3 is 20.5 Å². The third-order valence-corrected chi connectivity index (χ3v) is 5.43. The quantitative estimate of drug-likeness (QED) is 0.579. The summed E-state index contributed by atoms with van der Waals surface area (Å²) in [4.78, 5) is 9.34. The van der Waals surface area contributed by atoms with Crippen LogP contribution in [0.1, 0.15) is 36.5 Å². The number of aliphatic imine (C=N–C) groups is 1. The molecule has 29 heavy (non-hydrogen) atoms. The minimum absolute atomic E-state index is 0.0687. The summed E-state index contributed by atoms with van der Waals surface area (Å²) in [5.74, 6) is 1.26. The third kappa shape index (κ3) is 5.28. The van der Waals surface area contributed by atoms with Crippen LogP contribution in [0.3, 0.4) is 0 Å². The van der Waals surface area contributed by atoms with Crippen LogP contribution in [0.2, 0.25) is 0 Å². The van der Waals surface area contributed by atoms with Gasteiger partial charge in [0.15, 0.2) is 0 Å². The molecule has 3 rings (SSSR count). The Hall–Kier alpha value is -2.57. The molecule has 0 aromatic heterocycles. The molecular formula is C23H32N4O2. The molecule has 0 atom stereocenters. The zero-order chi connectivity index (χ0) is 21.0. The fraction of sp³-hybridized carbons (Fsp3) is 0.435. The number of ether oxygens (including phenoxy) is 1. The minimum atomic E-state index is 0.0687. The van der Waals surface area contributed by atoms with E-state index < -0.39 is 0 Å². The fourth-order valence-corrected chi connectivity index (χ4v) is 3.56. The summed E-state index contributed by atoms with van der Waals surface area (Å²) >= 11 is 0. The van der Waals surface area contributed by atoms with Gasteiger partial charge in [-0.15, -0.1) is 0 Å². The van der Waals surface area contributed by atoms with Crippen LogP contribution in [0.25, 0.3) is 0 Å². The molecule has 2 aromatic carbocycles. The number of nitrogens with two attached hydrogens (primary N) is 1. The number of methoxy groups -OCH3 is 1. The number of phenols is 1. The van der Waals surface area contributed by atoms with Crippen molar-refractivity contribution in [1.29, 1.82) is 0 Å². The van der Waals surface area contributed by atoms with Gasteiger partial charge in [-0.2, -0.15) is 0 Å². The lowest BCUT2D eigenvalue weighted by Gasteiger charge is -2.32. The first-order valence-electron chi connectivity index (χ1n) is 10.1. The van der Waals surface area contributed by atoms with Crippen LogP contribution < -0.4 is 10.5 Å². The van der Waals surface area contributed by atoms with Gasteiger partial charge in [0.25, 0.3) is 0 Å². The van der Waals surface area contributed by atoms with Crippen molar-refractivity contribution in [3.8, 4) is 11.5 Å². The van der Waals surface area contributed by atoms with Gasteiger partial charge in [0.05, 0.1) is 18.4 Å². The van der Waals surface area contributed by atoms with E-state index in [1.165, 1.54) is 5.56 Å². The zero-order valence-corrected chi connectivity index (χ0v) is 17.9. The van der Waals surface area contributed by atoms with E-state index in [9.17, 15) is 5.11 Å². The van der Waals surface area contributed by atoms with E-state index in [0.717, 1.165) is 44.0 Å². The SMILES string of the molecule is COc1cc(O)c(C(N)=Nc2ccc(CN3CCN(C)CC3)cc2)cc1C(C)C. The van der Waals surface area contributed by atoms with E-state index in [4.69, 9.17) is 10.5 Å². The number of rotatable bonds is 6. The summed E-state index contributed by atoms with van der Waals surface area (Å²) < 4.78 is 5.37. The van der Waals surface area contributed by atoms with Crippen LogP contribution in [-0.4, -0.2) is 61.1 Å². The molecular weight excluding hydrogens is 364 g/mol. The molecule has 1 saturated heterocycles. The molecule has 0 radical (unpaired) electrons. The summed E-state index contributed by atoms with van der Waals surface area (Å²) in [5, 5.41) is 10.4. The fourth-order valence-electron chi connectivity index (χ4n) is 3.56. The van der Waals surface area contributed by atoms with E-state index in [1.54, 1.807) is 13.2 Å². The maximum Gasteiger partial charge on any atom is 0.135 e. The van der Waals surface area contributed by atoms with Crippen molar-refractivity contribution in [3.63, 3.8) is 0 Å². The molecule has 3 N–H and O–H groups in total. The van der Waals surface area contributed by atoms with Crippen molar-refractivity contribution in [2.24, 2.45) is 10.7 Å². The van der Waals surface area contributed by atoms with Gasteiger partial charge in [0.1, 0.15) is 17.3 Å². The molecule has 1 aliphatic heterocycles. The van der Waals surface area contributed by atoms with Gasteiger partial charge in [0, 0.05) is 38.8 Å². The Morgan fingerprint density at radius 3 is 2.38 bits per heavy atom. The molecule has 1 heterocycles. The number of hydrogen-bond acceptors (Lipinski definition) is 5. The smallest absolute Gasteiger partial charge is 0.135 e. The first kappa shape index (κ1) is 21.1. The molecule has 6 nitrogen and oxygen atoms in total. The maximum atomic E-state index is 10.4. The van der Waals surface area contributed by atoms with Crippen LogP contribution in [0.15, 0.2) is 41.4 Å². The second-order valence-corrected chi connectivity index (χ2v) is 8.01. The van der Waals surface area contributed by atoms with Crippen LogP contribution in [0, 0.1) is 0 Å². The molecule has 2 aromatic rings. The highest BCUT2D eigenvalue weighted by Crippen LogP contribution is 2.33. The lowest BCUT2D eigenvalue weighted by atomic mass is 9.98. The molecule has 0 bridgehead atoms. The molecule has 0 aliphatic carbocycles. The van der Waals surface area contributed by atoms with Gasteiger partial charge in [-0.05, 0) is 42.3 Å². The lowest BCUT2D eigenvalue weighted by Crippen LogP contribution is -2.43. The largest absolute Gasteiger partial charge is 0.507 e. The van der Waals surface area contributed by atoms with Crippen molar-refractivity contribution >= 4 is 11.5 Å². The Morgan fingerprint density at radius 2 is 1.79 bits per heavy atom. The van der Waals surface area contributed by atoms with Crippen molar-refractivity contribution in [2.45, 2.75) is 26.3 Å². The monoisotopic (exact) mass is 396 g/mol. The van der Waals surface area contributed by atoms with Crippen molar-refractivity contribution in [3.05, 3.63) is 53.1 Å². The average molecular weight is 397 g/mol. The predicted octanol–water partition coefficient (Wildman–Crippen LogP) is 3.31. The van der Waals surface area contributed by atoms with E-state index >= 15 is 0 Å². The second kappa shape index (κ2) is 9.29. The van der Waals surface area contributed by atoms with Gasteiger partial charge in [0.2, 0.25) is 0 Å². The molecule has 1 aliphatic rings. The third-order valence-electron chi connectivity index (χ3n) is 5.43. The molecule has 6 heteroatoms. The summed E-state index contributed by atoms with van der Waals surface area (Å²) in [6.07, 6.45) is 0. The summed E-state index contributed by atoms with van der Waals surface area (Å²) in [6, 6.07) is 11.6. The minimum Gasteiger partial charge on any atom is -0.507 e. The molecule has 0 spiro atoms. The first-order valence-corrected chi connectivity index (χ1v) is 10.1. The number of hydrogen-bond donors (Lipinski definition) is 2. The topological polar surface area (TPSA) is 74.3 Å². The molecule has 156 valence electrons. The predicted molar refractivity (Wildman–Crippen MR) is 118 cm³/mol. The Labute approximate surface area is 173 Å². The van der Waals surface area contributed by atoms with Gasteiger partial charge >= 0.3 is 0 Å². The number of nitrogens with zero attached hydrogens (tertiary/aromatic N) is 3. The van der Waals surface area contributed by atoms with Crippen molar-refractivity contribution in [2.75, 3.05) is 40.3 Å². The van der Waals surface area contributed by atoms with Gasteiger partial charge in [-0.1, -0.05) is 26.0 Å². The van der Waals surface area contributed by atoms with E-state index in [-0.39, 0.29) is 11.7 Å².